The molecule has 0 spiro atoms. The van der Waals surface area contributed by atoms with Gasteiger partial charge in [0.2, 0.25) is 5.91 Å². The van der Waals surface area contributed by atoms with Crippen LogP contribution in [0.15, 0.2) is 0 Å². The molecule has 5 nitrogen and oxygen atoms in total. The minimum Gasteiger partial charge on any atom is -0.469 e. The highest BCUT2D eigenvalue weighted by Gasteiger charge is 2.35. The Kier molecular flexibility index (Phi) is 5.79. The van der Waals surface area contributed by atoms with E-state index < -0.39 is 5.54 Å². The number of hydrogen-bond donors (Lipinski definition) is 2. The van der Waals surface area contributed by atoms with Crippen LogP contribution in [0.2, 0.25) is 0 Å². The third-order valence-electron chi connectivity index (χ3n) is 4.39. The maximum Gasteiger partial charge on any atom is 0.307 e. The molecule has 5 heteroatoms. The van der Waals surface area contributed by atoms with E-state index in [9.17, 15) is 9.59 Å². The zero-order valence-corrected chi connectivity index (χ0v) is 12.4. The molecule has 0 radical (unpaired) electrons. The van der Waals surface area contributed by atoms with E-state index in [2.05, 4.69) is 10.6 Å². The summed E-state index contributed by atoms with van der Waals surface area (Å²) in [5.74, 6) is 0.155. The monoisotopic (exact) mass is 270 g/mol. The Morgan fingerprint density at radius 3 is 2.32 bits per heavy atom. The zero-order valence-electron chi connectivity index (χ0n) is 12.4. The molecule has 2 N–H and O–H groups in total. The third kappa shape index (κ3) is 3.93. The van der Waals surface area contributed by atoms with Gasteiger partial charge >= 0.3 is 5.97 Å². The van der Waals surface area contributed by atoms with Crippen LogP contribution in [0.25, 0.3) is 0 Å². The van der Waals surface area contributed by atoms with Crippen molar-refractivity contribution >= 4 is 11.9 Å². The van der Waals surface area contributed by atoms with E-state index in [1.165, 1.54) is 7.11 Å². The second-order valence-corrected chi connectivity index (χ2v) is 5.44. The van der Waals surface area contributed by atoms with Crippen molar-refractivity contribution in [3.05, 3.63) is 0 Å². The highest BCUT2D eigenvalue weighted by molar-refractivity contribution is 5.81. The minimum atomic E-state index is -0.477. The van der Waals surface area contributed by atoms with Crippen LogP contribution in [0, 0.1) is 11.8 Å². The lowest BCUT2D eigenvalue weighted by Gasteiger charge is -2.37. The third-order valence-corrected chi connectivity index (χ3v) is 4.39. The van der Waals surface area contributed by atoms with Crippen molar-refractivity contribution in [2.75, 3.05) is 20.2 Å². The Bertz CT molecular complexity index is 323. The second-order valence-electron chi connectivity index (χ2n) is 5.44. The van der Waals surface area contributed by atoms with Crippen LogP contribution in [0.4, 0.5) is 0 Å². The van der Waals surface area contributed by atoms with Crippen LogP contribution in [-0.2, 0) is 14.3 Å². The molecule has 1 saturated heterocycles. The predicted octanol–water partition coefficient (Wildman–Crippen LogP) is 1.08. The molecule has 0 aliphatic carbocycles. The van der Waals surface area contributed by atoms with Crippen molar-refractivity contribution in [2.45, 2.75) is 45.6 Å². The van der Waals surface area contributed by atoms with Gasteiger partial charge in [-0.05, 0) is 31.8 Å². The molecule has 0 aromatic carbocycles. The lowest BCUT2D eigenvalue weighted by Crippen LogP contribution is -2.55. The minimum absolute atomic E-state index is 0.0172. The lowest BCUT2D eigenvalue weighted by molar-refractivity contribution is -0.143. The van der Waals surface area contributed by atoms with Gasteiger partial charge < -0.3 is 15.4 Å². The highest BCUT2D eigenvalue weighted by atomic mass is 16.5. The second kappa shape index (κ2) is 6.89. The summed E-state index contributed by atoms with van der Waals surface area (Å²) in [5, 5.41) is 6.25. The van der Waals surface area contributed by atoms with Gasteiger partial charge in [-0.15, -0.1) is 0 Å². The molecule has 0 aromatic heterocycles. The average Bonchev–Trinajstić information content (AvgIpc) is 2.35. The van der Waals surface area contributed by atoms with Gasteiger partial charge in [0.15, 0.2) is 0 Å². The molecule has 19 heavy (non-hydrogen) atoms. The maximum absolute atomic E-state index is 12.3. The van der Waals surface area contributed by atoms with Crippen molar-refractivity contribution in [3.63, 3.8) is 0 Å². The summed E-state index contributed by atoms with van der Waals surface area (Å²) in [4.78, 5) is 23.8. The number of hydrogen-bond acceptors (Lipinski definition) is 4. The molecule has 1 amide bonds. The Morgan fingerprint density at radius 2 is 1.95 bits per heavy atom. The number of rotatable bonds is 7. The SMILES string of the molecule is CCC(CC)(CC(=O)OC)NC(=O)C(C)C1CNC1. The van der Waals surface area contributed by atoms with Crippen LogP contribution in [0.3, 0.4) is 0 Å². The van der Waals surface area contributed by atoms with E-state index >= 15 is 0 Å². The van der Waals surface area contributed by atoms with Crippen LogP contribution < -0.4 is 10.6 Å². The highest BCUT2D eigenvalue weighted by Crippen LogP contribution is 2.23. The fourth-order valence-corrected chi connectivity index (χ4v) is 2.32. The molecule has 1 unspecified atom stereocenters. The molecular formula is C14H26N2O3. The van der Waals surface area contributed by atoms with E-state index in [1.54, 1.807) is 0 Å². The van der Waals surface area contributed by atoms with Gasteiger partial charge in [-0.2, -0.15) is 0 Å². The Hall–Kier alpha value is -1.10. The summed E-state index contributed by atoms with van der Waals surface area (Å²) in [6, 6.07) is 0. The lowest BCUT2D eigenvalue weighted by atomic mass is 9.84. The Balaban J connectivity index is 2.65. The average molecular weight is 270 g/mol. The van der Waals surface area contributed by atoms with Crippen molar-refractivity contribution in [3.8, 4) is 0 Å². The van der Waals surface area contributed by atoms with E-state index in [4.69, 9.17) is 4.74 Å². The zero-order chi connectivity index (χ0) is 14.5. The van der Waals surface area contributed by atoms with Crippen molar-refractivity contribution in [1.82, 2.24) is 10.6 Å². The van der Waals surface area contributed by atoms with Gasteiger partial charge in [-0.1, -0.05) is 20.8 Å². The van der Waals surface area contributed by atoms with Crippen LogP contribution in [0.1, 0.15) is 40.0 Å². The van der Waals surface area contributed by atoms with Crippen LogP contribution in [-0.4, -0.2) is 37.6 Å². The Morgan fingerprint density at radius 1 is 1.37 bits per heavy atom. The summed E-state index contributed by atoms with van der Waals surface area (Å²) in [7, 11) is 1.38. The number of ether oxygens (including phenoxy) is 1. The van der Waals surface area contributed by atoms with Gasteiger partial charge in [0, 0.05) is 11.5 Å². The van der Waals surface area contributed by atoms with Crippen molar-refractivity contribution < 1.29 is 14.3 Å². The maximum atomic E-state index is 12.3. The number of carbonyl (C=O) groups excluding carboxylic acids is 2. The summed E-state index contributed by atoms with van der Waals surface area (Å²) < 4.78 is 4.73. The van der Waals surface area contributed by atoms with Gasteiger partial charge in [-0.3, -0.25) is 9.59 Å². The molecule has 1 atom stereocenters. The molecule has 110 valence electrons. The van der Waals surface area contributed by atoms with Crippen LogP contribution in [0.5, 0.6) is 0 Å². The summed E-state index contributed by atoms with van der Waals surface area (Å²) in [6.07, 6.45) is 1.68. The fraction of sp³-hybridized carbons (Fsp3) is 0.857. The molecule has 1 aliphatic heterocycles. The molecular weight excluding hydrogens is 244 g/mol. The van der Waals surface area contributed by atoms with Gasteiger partial charge in [0.1, 0.15) is 0 Å². The standard InChI is InChI=1S/C14H26N2O3/c1-5-14(6-2,7-12(17)19-4)16-13(18)10(3)11-8-15-9-11/h10-11,15H,5-9H2,1-4H3,(H,16,18). The molecule has 0 saturated carbocycles. The quantitative estimate of drug-likeness (QED) is 0.679. The first-order chi connectivity index (χ1) is 8.98. The van der Waals surface area contributed by atoms with Crippen molar-refractivity contribution in [2.24, 2.45) is 11.8 Å². The predicted molar refractivity (Wildman–Crippen MR) is 73.6 cm³/mol. The van der Waals surface area contributed by atoms with Gasteiger partial charge in [0.25, 0.3) is 0 Å². The van der Waals surface area contributed by atoms with E-state index in [-0.39, 0.29) is 24.2 Å². The summed E-state index contributed by atoms with van der Waals surface area (Å²) in [5.41, 5.74) is -0.477. The number of methoxy groups -OCH3 is 1. The first-order valence-electron chi connectivity index (χ1n) is 7.07. The molecule has 1 rings (SSSR count). The molecule has 1 heterocycles. The number of nitrogens with one attached hydrogen (secondary N) is 2. The first-order valence-corrected chi connectivity index (χ1v) is 7.07. The normalized spacial score (nSPS) is 17.5. The van der Waals surface area contributed by atoms with Crippen LogP contribution >= 0.6 is 0 Å². The largest absolute Gasteiger partial charge is 0.469 e. The molecule has 1 fully saturated rings. The van der Waals surface area contributed by atoms with Gasteiger partial charge in [0.05, 0.1) is 13.5 Å². The fourth-order valence-electron chi connectivity index (χ4n) is 2.32. The summed E-state index contributed by atoms with van der Waals surface area (Å²) in [6.45, 7) is 7.73. The van der Waals surface area contributed by atoms with E-state index in [0.29, 0.717) is 5.92 Å². The summed E-state index contributed by atoms with van der Waals surface area (Å²) >= 11 is 0. The molecule has 0 aromatic rings. The van der Waals surface area contributed by atoms with Gasteiger partial charge in [-0.25, -0.2) is 0 Å². The molecule has 0 bridgehead atoms. The number of esters is 1. The first kappa shape index (κ1) is 16.0. The smallest absolute Gasteiger partial charge is 0.307 e. The number of amides is 1. The van der Waals surface area contributed by atoms with Crippen molar-refractivity contribution in [1.29, 1.82) is 0 Å². The number of carbonyl (C=O) groups is 2. The topological polar surface area (TPSA) is 67.4 Å². The van der Waals surface area contributed by atoms with E-state index in [1.807, 2.05) is 20.8 Å². The van der Waals surface area contributed by atoms with E-state index in [0.717, 1.165) is 25.9 Å². The Labute approximate surface area is 115 Å². The molecule has 1 aliphatic rings.